The van der Waals surface area contributed by atoms with E-state index in [4.69, 9.17) is 16.3 Å². The molecule has 1 N–H and O–H groups in total. The van der Waals surface area contributed by atoms with E-state index in [0.29, 0.717) is 5.71 Å². The van der Waals surface area contributed by atoms with Crippen molar-refractivity contribution in [2.45, 2.75) is 38.9 Å². The van der Waals surface area contributed by atoms with Gasteiger partial charge in [-0.1, -0.05) is 25.4 Å². The number of benzene rings is 1. The van der Waals surface area contributed by atoms with Crippen molar-refractivity contribution in [2.75, 3.05) is 13.7 Å². The number of ether oxygens (including phenoxy) is 1. The van der Waals surface area contributed by atoms with Crippen LogP contribution in [0, 0.1) is 28.6 Å². The number of carbonyl (C=O) groups is 1. The summed E-state index contributed by atoms with van der Waals surface area (Å²) in [6.45, 7) is 4.80. The lowest BCUT2D eigenvalue weighted by molar-refractivity contribution is -0.158. The van der Waals surface area contributed by atoms with Crippen molar-refractivity contribution in [3.63, 3.8) is 0 Å². The molecule has 0 bridgehead atoms. The lowest BCUT2D eigenvalue weighted by Gasteiger charge is -2.49. The number of carboxylic acid groups (broad SMARTS) is 1. The Balaban J connectivity index is 2.92. The van der Waals surface area contributed by atoms with Crippen LogP contribution in [-0.4, -0.2) is 36.5 Å². The van der Waals surface area contributed by atoms with Gasteiger partial charge in [0.05, 0.1) is 30.2 Å². The minimum Gasteiger partial charge on any atom is -0.481 e. The Bertz CT molecular complexity index is 864. The molecule has 0 amide bonds. The largest absolute Gasteiger partial charge is 0.481 e. The van der Waals surface area contributed by atoms with Crippen molar-refractivity contribution in [1.82, 2.24) is 0 Å². The number of halogens is 4. The number of nitrogens with zero attached hydrogens (tertiary/aromatic N) is 2. The van der Waals surface area contributed by atoms with Crippen LogP contribution in [-0.2, 0) is 15.7 Å². The number of aliphatic carboxylic acids is 1. The van der Waals surface area contributed by atoms with Crippen LogP contribution in [0.5, 0.6) is 0 Å². The van der Waals surface area contributed by atoms with Crippen LogP contribution in [0.25, 0.3) is 0 Å². The summed E-state index contributed by atoms with van der Waals surface area (Å²) >= 11 is 6.27. The Morgan fingerprint density at radius 2 is 2.07 bits per heavy atom. The minimum absolute atomic E-state index is 0.0274. The Labute approximate surface area is 172 Å². The van der Waals surface area contributed by atoms with E-state index in [1.54, 1.807) is 20.8 Å². The summed E-state index contributed by atoms with van der Waals surface area (Å²) in [5, 5.41) is 20.1. The van der Waals surface area contributed by atoms with Crippen LogP contribution in [0.2, 0.25) is 5.02 Å². The van der Waals surface area contributed by atoms with Gasteiger partial charge in [-0.15, -0.1) is 0 Å². The minimum atomic E-state index is -4.64. The van der Waals surface area contributed by atoms with Crippen molar-refractivity contribution in [2.24, 2.45) is 22.2 Å². The number of rotatable bonds is 5. The third kappa shape index (κ3) is 3.86. The van der Waals surface area contributed by atoms with Crippen LogP contribution < -0.4 is 0 Å². The van der Waals surface area contributed by atoms with Gasteiger partial charge in [0.25, 0.3) is 0 Å². The number of carboxylic acids is 1. The second-order valence-corrected chi connectivity index (χ2v) is 7.86. The lowest BCUT2D eigenvalue weighted by Crippen LogP contribution is -2.57. The average Bonchev–Trinajstić information content (AvgIpc) is 2.60. The molecule has 1 aliphatic heterocycles. The summed E-state index contributed by atoms with van der Waals surface area (Å²) in [6, 6.07) is 3.91. The van der Waals surface area contributed by atoms with Crippen LogP contribution in [0.3, 0.4) is 0 Å². The van der Waals surface area contributed by atoms with Gasteiger partial charge in [-0.2, -0.15) is 18.4 Å². The summed E-state index contributed by atoms with van der Waals surface area (Å²) in [6.07, 6.45) is -4.64. The van der Waals surface area contributed by atoms with E-state index in [0.717, 1.165) is 18.2 Å². The van der Waals surface area contributed by atoms with E-state index in [1.807, 2.05) is 6.07 Å². The van der Waals surface area contributed by atoms with Gasteiger partial charge in [0, 0.05) is 23.8 Å². The molecule has 0 saturated heterocycles. The highest BCUT2D eigenvalue weighted by molar-refractivity contribution is 6.31. The van der Waals surface area contributed by atoms with Crippen LogP contribution in [0.15, 0.2) is 23.2 Å². The maximum absolute atomic E-state index is 13.4. The molecule has 1 aromatic carbocycles. The van der Waals surface area contributed by atoms with E-state index >= 15 is 0 Å². The predicted octanol–water partition coefficient (Wildman–Crippen LogP) is 4.80. The molecule has 0 fully saturated rings. The van der Waals surface area contributed by atoms with E-state index in [1.165, 1.54) is 7.11 Å². The van der Waals surface area contributed by atoms with Crippen molar-refractivity contribution in [3.8, 4) is 6.07 Å². The second kappa shape index (κ2) is 8.33. The fourth-order valence-corrected chi connectivity index (χ4v) is 4.55. The van der Waals surface area contributed by atoms with Gasteiger partial charge < -0.3 is 9.84 Å². The van der Waals surface area contributed by atoms with E-state index in [9.17, 15) is 28.3 Å². The Morgan fingerprint density at radius 3 is 2.52 bits per heavy atom. The molecule has 0 aromatic heterocycles. The molecule has 2 rings (SSSR count). The molecule has 1 aromatic rings. The monoisotopic (exact) mass is 430 g/mol. The number of hydrogen-bond donors (Lipinski definition) is 1. The number of nitriles is 1. The molecule has 0 radical (unpaired) electrons. The van der Waals surface area contributed by atoms with Gasteiger partial charge in [0.15, 0.2) is 0 Å². The predicted molar refractivity (Wildman–Crippen MR) is 102 cm³/mol. The third-order valence-electron chi connectivity index (χ3n) is 5.66. The van der Waals surface area contributed by atoms with Crippen molar-refractivity contribution in [3.05, 3.63) is 34.3 Å². The zero-order chi connectivity index (χ0) is 22.1. The highest BCUT2D eigenvalue weighted by Gasteiger charge is 2.60. The van der Waals surface area contributed by atoms with Crippen LogP contribution in [0.1, 0.15) is 37.8 Å². The fourth-order valence-electron chi connectivity index (χ4n) is 4.32. The topological polar surface area (TPSA) is 82.7 Å². The second-order valence-electron chi connectivity index (χ2n) is 7.45. The van der Waals surface area contributed by atoms with Gasteiger partial charge in [-0.05, 0) is 36.6 Å². The molecule has 5 nitrogen and oxygen atoms in total. The van der Waals surface area contributed by atoms with E-state index in [2.05, 4.69) is 4.99 Å². The smallest absolute Gasteiger partial charge is 0.416 e. The number of methoxy groups -OCH3 is 1. The summed E-state index contributed by atoms with van der Waals surface area (Å²) in [5.74, 6) is -4.03. The van der Waals surface area contributed by atoms with Crippen LogP contribution >= 0.6 is 11.6 Å². The maximum Gasteiger partial charge on any atom is 0.416 e. The third-order valence-corrected chi connectivity index (χ3v) is 6.00. The SMILES string of the molecule is COCC1N=C(C)C(C#N)C(c2cc(C(F)(F)F)ccc2Cl)C1(C(=O)O)C(C)C. The first-order valence-electron chi connectivity index (χ1n) is 8.95. The van der Waals surface area contributed by atoms with Crippen molar-refractivity contribution in [1.29, 1.82) is 5.26 Å². The summed E-state index contributed by atoms with van der Waals surface area (Å²) < 4.78 is 45.3. The molecule has 0 spiro atoms. The Morgan fingerprint density at radius 1 is 1.45 bits per heavy atom. The van der Waals surface area contributed by atoms with E-state index in [-0.39, 0.29) is 17.2 Å². The molecule has 1 aliphatic rings. The molecular formula is C20H22ClF3N2O3. The Kier molecular flexibility index (Phi) is 6.65. The molecule has 158 valence electrons. The zero-order valence-electron chi connectivity index (χ0n) is 16.4. The first kappa shape index (κ1) is 23.2. The number of alkyl halides is 3. The standard InChI is InChI=1S/C20H22ClF3N2O3/c1-10(2)19(18(27)28)16(9-29-4)26-11(3)14(8-25)17(19)13-7-12(20(22,23)24)5-6-15(13)21/h5-7,10,14,16-17H,9H2,1-4H3,(H,27,28). The first-order valence-corrected chi connectivity index (χ1v) is 9.33. The summed E-state index contributed by atoms with van der Waals surface area (Å²) in [5.41, 5.74) is -2.34. The summed E-state index contributed by atoms with van der Waals surface area (Å²) in [4.78, 5) is 17.1. The number of aliphatic imine (C=N–C) groups is 1. The van der Waals surface area contributed by atoms with Gasteiger partial charge >= 0.3 is 12.1 Å². The Hall–Kier alpha value is -2.11. The van der Waals surface area contributed by atoms with Gasteiger partial charge in [-0.25, -0.2) is 0 Å². The molecule has 0 aliphatic carbocycles. The average molecular weight is 431 g/mol. The summed E-state index contributed by atoms with van der Waals surface area (Å²) in [7, 11) is 1.39. The highest BCUT2D eigenvalue weighted by atomic mass is 35.5. The molecule has 9 heteroatoms. The first-order chi connectivity index (χ1) is 13.4. The molecule has 4 unspecified atom stereocenters. The molecular weight excluding hydrogens is 409 g/mol. The maximum atomic E-state index is 13.4. The molecule has 0 saturated carbocycles. The molecule has 29 heavy (non-hydrogen) atoms. The molecule has 4 atom stereocenters. The fraction of sp³-hybridized carbons (Fsp3) is 0.550. The normalized spacial score (nSPS) is 27.4. The number of hydrogen-bond acceptors (Lipinski definition) is 4. The zero-order valence-corrected chi connectivity index (χ0v) is 17.2. The van der Waals surface area contributed by atoms with E-state index < -0.39 is 46.9 Å². The van der Waals surface area contributed by atoms with Crippen molar-refractivity contribution >= 4 is 23.3 Å². The van der Waals surface area contributed by atoms with Crippen LogP contribution in [0.4, 0.5) is 13.2 Å². The molecule has 1 heterocycles. The van der Waals surface area contributed by atoms with Gasteiger partial charge in [0.1, 0.15) is 5.41 Å². The van der Waals surface area contributed by atoms with Gasteiger partial charge in [0.2, 0.25) is 0 Å². The highest BCUT2D eigenvalue weighted by Crippen LogP contribution is 2.55. The van der Waals surface area contributed by atoms with Gasteiger partial charge in [-0.3, -0.25) is 9.79 Å². The lowest BCUT2D eigenvalue weighted by atomic mass is 9.55. The van der Waals surface area contributed by atoms with Crippen molar-refractivity contribution < 1.29 is 27.8 Å². The quantitative estimate of drug-likeness (QED) is 0.727.